The molecule has 9 heteroatoms. The first-order chi connectivity index (χ1) is 13.8. The molecule has 3 rings (SSSR count). The van der Waals surface area contributed by atoms with Crippen LogP contribution in [-0.2, 0) is 14.3 Å². The topological polar surface area (TPSA) is 114 Å². The highest BCUT2D eigenvalue weighted by atomic mass is 16.5. The Labute approximate surface area is 168 Å². The molecule has 4 amide bonds. The van der Waals surface area contributed by atoms with E-state index < -0.39 is 36.0 Å². The molecule has 1 aliphatic heterocycles. The van der Waals surface area contributed by atoms with Gasteiger partial charge in [-0.15, -0.1) is 0 Å². The second-order valence-electron chi connectivity index (χ2n) is 7.40. The summed E-state index contributed by atoms with van der Waals surface area (Å²) in [5, 5.41) is 3.39. The summed E-state index contributed by atoms with van der Waals surface area (Å²) in [6.45, 7) is 3.84. The molecule has 1 saturated heterocycles. The zero-order valence-corrected chi connectivity index (χ0v) is 16.5. The third kappa shape index (κ3) is 4.49. The zero-order valence-electron chi connectivity index (χ0n) is 16.5. The van der Waals surface area contributed by atoms with Gasteiger partial charge in [-0.3, -0.25) is 15.0 Å². The number of urea groups is 1. The van der Waals surface area contributed by atoms with Crippen molar-refractivity contribution in [1.82, 2.24) is 15.8 Å². The highest BCUT2D eigenvalue weighted by Gasteiger charge is 2.52. The number of amides is 4. The van der Waals surface area contributed by atoms with Gasteiger partial charge in [0.1, 0.15) is 11.3 Å². The molecular weight excluding hydrogens is 378 g/mol. The molecule has 2 N–H and O–H groups in total. The summed E-state index contributed by atoms with van der Waals surface area (Å²) < 4.78 is 10.3. The second-order valence-corrected chi connectivity index (χ2v) is 7.40. The van der Waals surface area contributed by atoms with Gasteiger partial charge in [-0.05, 0) is 62.8 Å². The van der Waals surface area contributed by atoms with Gasteiger partial charge >= 0.3 is 12.0 Å². The van der Waals surface area contributed by atoms with E-state index >= 15 is 0 Å². The van der Waals surface area contributed by atoms with Crippen LogP contribution in [0.15, 0.2) is 24.3 Å². The fourth-order valence-electron chi connectivity index (χ4n) is 3.54. The van der Waals surface area contributed by atoms with Crippen LogP contribution in [0.5, 0.6) is 5.75 Å². The molecule has 1 saturated carbocycles. The minimum absolute atomic E-state index is 0.256. The number of imide groups is 1. The molecule has 0 radical (unpaired) electrons. The maximum absolute atomic E-state index is 12.7. The first kappa shape index (κ1) is 20.6. The van der Waals surface area contributed by atoms with E-state index in [2.05, 4.69) is 17.7 Å². The summed E-state index contributed by atoms with van der Waals surface area (Å²) >= 11 is 0. The van der Waals surface area contributed by atoms with Gasteiger partial charge in [0, 0.05) is 0 Å². The highest BCUT2D eigenvalue weighted by molar-refractivity contribution is 6.08. The van der Waals surface area contributed by atoms with E-state index in [0.29, 0.717) is 36.1 Å². The third-order valence-electron chi connectivity index (χ3n) is 5.26. The third-order valence-corrected chi connectivity index (χ3v) is 5.26. The van der Waals surface area contributed by atoms with Crippen LogP contribution in [0.25, 0.3) is 0 Å². The number of benzene rings is 1. The lowest BCUT2D eigenvalue weighted by Crippen LogP contribution is -2.52. The predicted octanol–water partition coefficient (Wildman–Crippen LogP) is 1.77. The molecule has 156 valence electrons. The summed E-state index contributed by atoms with van der Waals surface area (Å²) in [4.78, 5) is 49.0. The summed E-state index contributed by atoms with van der Waals surface area (Å²) in [5.74, 6) is -0.824. The van der Waals surface area contributed by atoms with E-state index in [4.69, 9.17) is 9.47 Å². The van der Waals surface area contributed by atoms with Gasteiger partial charge < -0.3 is 14.8 Å². The molecule has 0 bridgehead atoms. The van der Waals surface area contributed by atoms with Crippen LogP contribution >= 0.6 is 0 Å². The van der Waals surface area contributed by atoms with Gasteiger partial charge in [-0.25, -0.2) is 9.59 Å². The van der Waals surface area contributed by atoms with Crippen LogP contribution < -0.4 is 15.5 Å². The summed E-state index contributed by atoms with van der Waals surface area (Å²) in [7, 11) is 0. The average Bonchev–Trinajstić information content (AvgIpc) is 2.93. The maximum atomic E-state index is 12.7. The number of carbonyl (C=O) groups excluding carboxylic acids is 4. The van der Waals surface area contributed by atoms with Crippen molar-refractivity contribution < 1.29 is 28.7 Å². The van der Waals surface area contributed by atoms with Crippen LogP contribution in [0.4, 0.5) is 4.79 Å². The second kappa shape index (κ2) is 8.50. The minimum Gasteiger partial charge on any atom is -0.494 e. The quantitative estimate of drug-likeness (QED) is 0.553. The highest BCUT2D eigenvalue weighted by Crippen LogP contribution is 2.35. The van der Waals surface area contributed by atoms with Gasteiger partial charge in [0.15, 0.2) is 6.61 Å². The van der Waals surface area contributed by atoms with Gasteiger partial charge in [-0.2, -0.15) is 5.01 Å². The lowest BCUT2D eigenvalue weighted by molar-refractivity contribution is -0.141. The Hall–Kier alpha value is -3.10. The van der Waals surface area contributed by atoms with Crippen molar-refractivity contribution in [2.24, 2.45) is 5.92 Å². The van der Waals surface area contributed by atoms with Crippen LogP contribution in [0.1, 0.15) is 49.9 Å². The Kier molecular flexibility index (Phi) is 6.05. The number of nitrogens with one attached hydrogen (secondary N) is 2. The van der Waals surface area contributed by atoms with Crippen molar-refractivity contribution in [3.8, 4) is 5.75 Å². The molecule has 9 nitrogen and oxygen atoms in total. The lowest BCUT2D eigenvalue weighted by Gasteiger charge is -2.33. The van der Waals surface area contributed by atoms with Crippen molar-refractivity contribution >= 4 is 23.8 Å². The number of hydrogen-bond acceptors (Lipinski definition) is 6. The number of hydrogen-bond donors (Lipinski definition) is 2. The number of carbonyl (C=O) groups is 4. The number of rotatable bonds is 6. The fourth-order valence-corrected chi connectivity index (χ4v) is 3.54. The monoisotopic (exact) mass is 403 g/mol. The van der Waals surface area contributed by atoms with Crippen molar-refractivity contribution in [2.75, 3.05) is 13.2 Å². The Bertz CT molecular complexity index is 799. The zero-order chi connectivity index (χ0) is 21.0. The SMILES string of the molecule is CCOc1ccc(C(=O)OCC(=O)NN2C(=O)NC3(CCC(C)CC3)C2=O)cc1. The molecule has 1 aromatic carbocycles. The molecule has 0 atom stereocenters. The van der Waals surface area contributed by atoms with Crippen molar-refractivity contribution in [2.45, 2.75) is 45.1 Å². The van der Waals surface area contributed by atoms with Gasteiger partial charge in [0.05, 0.1) is 12.2 Å². The van der Waals surface area contributed by atoms with Gasteiger partial charge in [0.25, 0.3) is 11.8 Å². The summed E-state index contributed by atoms with van der Waals surface area (Å²) in [5.41, 5.74) is 1.54. The van der Waals surface area contributed by atoms with Gasteiger partial charge in [0.2, 0.25) is 0 Å². The van der Waals surface area contributed by atoms with E-state index in [0.717, 1.165) is 12.8 Å². The fraction of sp³-hybridized carbons (Fsp3) is 0.500. The first-order valence-corrected chi connectivity index (χ1v) is 9.71. The predicted molar refractivity (Wildman–Crippen MR) is 102 cm³/mol. The van der Waals surface area contributed by atoms with E-state index in [9.17, 15) is 19.2 Å². The maximum Gasteiger partial charge on any atom is 0.344 e. The number of nitrogens with zero attached hydrogens (tertiary/aromatic N) is 1. The van der Waals surface area contributed by atoms with Crippen molar-refractivity contribution in [3.63, 3.8) is 0 Å². The number of esters is 1. The van der Waals surface area contributed by atoms with Crippen LogP contribution in [-0.4, -0.2) is 47.6 Å². The molecule has 29 heavy (non-hydrogen) atoms. The van der Waals surface area contributed by atoms with Gasteiger partial charge in [-0.1, -0.05) is 6.92 Å². The first-order valence-electron chi connectivity index (χ1n) is 9.71. The van der Waals surface area contributed by atoms with E-state index in [-0.39, 0.29) is 5.56 Å². The standard InChI is InChI=1S/C20H25N3O6/c1-3-28-15-6-4-14(5-7-15)17(25)29-12-16(24)22-23-18(26)20(21-19(23)27)10-8-13(2)9-11-20/h4-7,13H,3,8-12H2,1-2H3,(H,21,27)(H,22,24). The number of hydrazine groups is 1. The normalized spacial score (nSPS) is 23.7. The number of ether oxygens (including phenoxy) is 2. The molecule has 1 heterocycles. The van der Waals surface area contributed by atoms with Crippen LogP contribution in [0.2, 0.25) is 0 Å². The average molecular weight is 403 g/mol. The van der Waals surface area contributed by atoms with E-state index in [1.54, 1.807) is 12.1 Å². The molecule has 1 spiro atoms. The molecule has 0 unspecified atom stereocenters. The van der Waals surface area contributed by atoms with Crippen LogP contribution in [0.3, 0.4) is 0 Å². The Morgan fingerprint density at radius 2 is 1.86 bits per heavy atom. The molecule has 1 aliphatic carbocycles. The largest absolute Gasteiger partial charge is 0.494 e. The molecule has 2 fully saturated rings. The Morgan fingerprint density at radius 1 is 1.21 bits per heavy atom. The lowest BCUT2D eigenvalue weighted by atomic mass is 9.77. The molecule has 0 aromatic heterocycles. The molecular formula is C20H25N3O6. The molecule has 1 aromatic rings. The Morgan fingerprint density at radius 3 is 2.48 bits per heavy atom. The van der Waals surface area contributed by atoms with Crippen molar-refractivity contribution in [3.05, 3.63) is 29.8 Å². The minimum atomic E-state index is -0.949. The van der Waals surface area contributed by atoms with E-state index in [1.165, 1.54) is 12.1 Å². The van der Waals surface area contributed by atoms with Crippen LogP contribution in [0, 0.1) is 5.92 Å². The smallest absolute Gasteiger partial charge is 0.344 e. The van der Waals surface area contributed by atoms with E-state index in [1.807, 2.05) is 6.92 Å². The summed E-state index contributed by atoms with van der Waals surface area (Å²) in [6.07, 6.45) is 2.73. The van der Waals surface area contributed by atoms with Crippen molar-refractivity contribution in [1.29, 1.82) is 0 Å². The Balaban J connectivity index is 1.52. The molecule has 2 aliphatic rings. The summed E-state index contributed by atoms with van der Waals surface area (Å²) in [6, 6.07) is 5.62.